The number of amides is 4. The summed E-state index contributed by atoms with van der Waals surface area (Å²) in [5.41, 5.74) is 0.292. The van der Waals surface area contributed by atoms with Gasteiger partial charge in [-0.1, -0.05) is 42.5 Å². The van der Waals surface area contributed by atoms with Crippen molar-refractivity contribution in [3.8, 4) is 0 Å². The van der Waals surface area contributed by atoms with Crippen LogP contribution in [0.2, 0.25) is 10.0 Å². The molecule has 172 valence electrons. The molecule has 9 heteroatoms. The quantitative estimate of drug-likeness (QED) is 0.667. The van der Waals surface area contributed by atoms with Crippen LogP contribution in [0.3, 0.4) is 0 Å². The van der Waals surface area contributed by atoms with Crippen LogP contribution in [0, 0.1) is 5.92 Å². The maximum atomic E-state index is 13.2. The molecule has 2 atom stereocenters. The zero-order valence-electron chi connectivity index (χ0n) is 18.0. The number of halogens is 2. The Balaban J connectivity index is 1.42. The predicted octanol–water partition coefficient (Wildman–Crippen LogP) is 3.67. The minimum Gasteiger partial charge on any atom is -0.353 e. The van der Waals surface area contributed by atoms with Gasteiger partial charge in [0.05, 0.1) is 27.1 Å². The van der Waals surface area contributed by atoms with Gasteiger partial charge in [0, 0.05) is 19.1 Å². The number of carbonyl (C=O) groups excluding carboxylic acids is 4. The fraction of sp³-hybridized carbons (Fsp3) is 0.565. The lowest BCUT2D eigenvalue weighted by Crippen LogP contribution is -2.53. The molecule has 3 aliphatic rings. The molecule has 4 amide bonds. The monoisotopic (exact) mass is 479 g/mol. The average Bonchev–Trinajstić information content (AvgIpc) is 3.03. The van der Waals surface area contributed by atoms with Crippen molar-refractivity contribution in [2.75, 3.05) is 13.1 Å². The summed E-state index contributed by atoms with van der Waals surface area (Å²) in [6.45, 7) is 2.33. The molecule has 1 N–H and O–H groups in total. The van der Waals surface area contributed by atoms with Crippen molar-refractivity contribution >= 4 is 46.8 Å². The van der Waals surface area contributed by atoms with Gasteiger partial charge in [-0.3, -0.25) is 24.1 Å². The van der Waals surface area contributed by atoms with Crippen LogP contribution in [0.4, 0.5) is 0 Å². The smallest absolute Gasteiger partial charge is 0.262 e. The number of nitrogens with one attached hydrogen (secondary N) is 1. The van der Waals surface area contributed by atoms with Crippen LogP contribution in [0.5, 0.6) is 0 Å². The maximum absolute atomic E-state index is 13.2. The Hall–Kier alpha value is -2.12. The highest BCUT2D eigenvalue weighted by molar-refractivity contribution is 6.43. The summed E-state index contributed by atoms with van der Waals surface area (Å²) >= 11 is 12.0. The Morgan fingerprint density at radius 2 is 1.56 bits per heavy atom. The maximum Gasteiger partial charge on any atom is 0.262 e. The Bertz CT molecular complexity index is 920. The van der Waals surface area contributed by atoms with E-state index in [4.69, 9.17) is 23.2 Å². The molecule has 1 aliphatic carbocycles. The average molecular weight is 480 g/mol. The van der Waals surface area contributed by atoms with E-state index in [0.717, 1.165) is 37.0 Å². The summed E-state index contributed by atoms with van der Waals surface area (Å²) in [4.78, 5) is 54.3. The number of carbonyl (C=O) groups is 4. The molecule has 0 bridgehead atoms. The van der Waals surface area contributed by atoms with Crippen LogP contribution >= 0.6 is 23.2 Å². The number of fused-ring (bicyclic) bond motifs is 1. The third kappa shape index (κ3) is 4.37. The van der Waals surface area contributed by atoms with Gasteiger partial charge in [0.1, 0.15) is 6.04 Å². The summed E-state index contributed by atoms with van der Waals surface area (Å²) < 4.78 is 0. The van der Waals surface area contributed by atoms with E-state index in [1.165, 1.54) is 18.6 Å². The first kappa shape index (κ1) is 23.1. The van der Waals surface area contributed by atoms with Crippen molar-refractivity contribution in [3.05, 3.63) is 33.3 Å². The molecule has 2 fully saturated rings. The van der Waals surface area contributed by atoms with Crippen LogP contribution in [-0.2, 0) is 9.59 Å². The molecule has 2 unspecified atom stereocenters. The minimum atomic E-state index is -0.986. The van der Waals surface area contributed by atoms with Crippen LogP contribution in [0.25, 0.3) is 0 Å². The molecule has 4 rings (SSSR count). The third-order valence-corrected chi connectivity index (χ3v) is 7.48. The van der Waals surface area contributed by atoms with Gasteiger partial charge >= 0.3 is 0 Å². The van der Waals surface area contributed by atoms with E-state index >= 15 is 0 Å². The van der Waals surface area contributed by atoms with E-state index in [-0.39, 0.29) is 44.9 Å². The molecule has 2 heterocycles. The lowest BCUT2D eigenvalue weighted by atomic mass is 9.93. The molecule has 1 saturated heterocycles. The number of likely N-dealkylation sites (tertiary alicyclic amines) is 1. The second-order valence-electron chi connectivity index (χ2n) is 8.94. The number of hydrogen-bond donors (Lipinski definition) is 1. The fourth-order valence-corrected chi connectivity index (χ4v) is 5.26. The number of piperidine rings is 1. The zero-order chi connectivity index (χ0) is 23.0. The number of nitrogens with zero attached hydrogens (tertiary/aromatic N) is 2. The second kappa shape index (κ2) is 9.40. The van der Waals surface area contributed by atoms with Crippen molar-refractivity contribution in [2.45, 2.75) is 64.0 Å². The topological polar surface area (TPSA) is 86.8 Å². The lowest BCUT2D eigenvalue weighted by Gasteiger charge is -2.36. The first-order valence-corrected chi connectivity index (χ1v) is 12.0. The van der Waals surface area contributed by atoms with Gasteiger partial charge in [0.25, 0.3) is 11.8 Å². The van der Waals surface area contributed by atoms with E-state index in [2.05, 4.69) is 5.32 Å². The van der Waals surface area contributed by atoms with Crippen molar-refractivity contribution in [1.29, 1.82) is 0 Å². The molecule has 0 spiro atoms. The van der Waals surface area contributed by atoms with E-state index in [9.17, 15) is 19.2 Å². The summed E-state index contributed by atoms with van der Waals surface area (Å²) in [6, 6.07) is 1.96. The van der Waals surface area contributed by atoms with Crippen LogP contribution in [-0.4, -0.2) is 58.6 Å². The lowest BCUT2D eigenvalue weighted by molar-refractivity contribution is -0.139. The van der Waals surface area contributed by atoms with Gasteiger partial charge < -0.3 is 10.2 Å². The molecule has 0 aromatic heterocycles. The van der Waals surface area contributed by atoms with E-state index in [1.807, 2.05) is 0 Å². The highest BCUT2D eigenvalue weighted by atomic mass is 35.5. The van der Waals surface area contributed by atoms with Crippen LogP contribution < -0.4 is 5.32 Å². The van der Waals surface area contributed by atoms with E-state index in [0.29, 0.717) is 19.5 Å². The Morgan fingerprint density at radius 1 is 0.969 bits per heavy atom. The molecule has 1 aromatic rings. The molecule has 7 nitrogen and oxygen atoms in total. The Labute approximate surface area is 197 Å². The van der Waals surface area contributed by atoms with Gasteiger partial charge in [0.2, 0.25) is 11.8 Å². The van der Waals surface area contributed by atoms with E-state index < -0.39 is 17.9 Å². The van der Waals surface area contributed by atoms with E-state index in [1.54, 1.807) is 11.8 Å². The summed E-state index contributed by atoms with van der Waals surface area (Å²) in [5.74, 6) is -1.75. The second-order valence-corrected chi connectivity index (χ2v) is 9.75. The Morgan fingerprint density at radius 3 is 2.16 bits per heavy atom. The SMILES string of the molecule is CC(C(=O)N1CCCC(C(=O)NC2CCCCC2)C1)N1C(=O)c2cc(Cl)c(Cl)cc2C1=O. The highest BCUT2D eigenvalue weighted by Gasteiger charge is 2.43. The number of benzene rings is 1. The summed E-state index contributed by atoms with van der Waals surface area (Å²) in [6.07, 6.45) is 6.92. The molecular weight excluding hydrogens is 453 g/mol. The number of hydrogen-bond acceptors (Lipinski definition) is 4. The van der Waals surface area contributed by atoms with Crippen molar-refractivity contribution < 1.29 is 19.2 Å². The van der Waals surface area contributed by atoms with Gasteiger partial charge in [-0.2, -0.15) is 0 Å². The Kier molecular flexibility index (Phi) is 6.77. The number of imide groups is 1. The van der Waals surface area contributed by atoms with Crippen LogP contribution in [0.15, 0.2) is 12.1 Å². The zero-order valence-corrected chi connectivity index (χ0v) is 19.5. The van der Waals surface area contributed by atoms with Crippen molar-refractivity contribution in [2.24, 2.45) is 5.92 Å². The first-order valence-electron chi connectivity index (χ1n) is 11.2. The highest BCUT2D eigenvalue weighted by Crippen LogP contribution is 2.33. The molecule has 2 aliphatic heterocycles. The molecule has 1 saturated carbocycles. The van der Waals surface area contributed by atoms with Gasteiger partial charge in [0.15, 0.2) is 0 Å². The first-order chi connectivity index (χ1) is 15.3. The summed E-state index contributed by atoms with van der Waals surface area (Å²) in [7, 11) is 0. The standard InChI is InChI=1S/C23H27Cl2N3O4/c1-13(28-22(31)16-10-18(24)19(25)11-17(16)23(28)32)21(30)27-9-5-6-14(12-27)20(29)26-15-7-3-2-4-8-15/h10-11,13-15H,2-9,12H2,1H3,(H,26,29). The van der Waals surface area contributed by atoms with Crippen molar-refractivity contribution in [3.63, 3.8) is 0 Å². The largest absolute Gasteiger partial charge is 0.353 e. The number of rotatable bonds is 4. The normalized spacial score (nSPS) is 22.7. The van der Waals surface area contributed by atoms with Crippen molar-refractivity contribution in [1.82, 2.24) is 15.1 Å². The van der Waals surface area contributed by atoms with Gasteiger partial charge in [-0.15, -0.1) is 0 Å². The van der Waals surface area contributed by atoms with Crippen LogP contribution in [0.1, 0.15) is 72.6 Å². The van der Waals surface area contributed by atoms with Gasteiger partial charge in [-0.25, -0.2) is 0 Å². The molecule has 1 aromatic carbocycles. The molecular formula is C23H27Cl2N3O4. The molecule has 32 heavy (non-hydrogen) atoms. The molecule has 0 radical (unpaired) electrons. The minimum absolute atomic E-state index is 0.00735. The van der Waals surface area contributed by atoms with Gasteiger partial charge in [-0.05, 0) is 44.7 Å². The summed E-state index contributed by atoms with van der Waals surface area (Å²) in [5, 5.41) is 3.50. The fourth-order valence-electron chi connectivity index (χ4n) is 4.94. The predicted molar refractivity (Wildman–Crippen MR) is 121 cm³/mol. The third-order valence-electron chi connectivity index (χ3n) is 6.76.